The van der Waals surface area contributed by atoms with Crippen molar-refractivity contribution >= 4 is 55.7 Å². The van der Waals surface area contributed by atoms with Crippen molar-refractivity contribution in [1.82, 2.24) is 0 Å². The molecule has 0 bridgehead atoms. The Morgan fingerprint density at radius 2 is 0.537 bits per heavy atom. The van der Waals surface area contributed by atoms with Gasteiger partial charge in [-0.2, -0.15) is 0 Å². The van der Waals surface area contributed by atoms with Crippen molar-refractivity contribution in [1.29, 1.82) is 0 Å². The van der Waals surface area contributed by atoms with Crippen LogP contribution in [-0.2, 0) is 0 Å². The second kappa shape index (κ2) is 14.0. The molecular weight excluding hydrogens is 661 g/mol. The molecule has 0 aliphatic rings. The summed E-state index contributed by atoms with van der Waals surface area (Å²) < 4.78 is 0. The predicted octanol–water partition coefficient (Wildman–Crippen LogP) is 13.7. The van der Waals surface area contributed by atoms with E-state index in [0.717, 1.165) is 67.2 Å². The van der Waals surface area contributed by atoms with E-state index in [-0.39, 0.29) is 11.5 Å². The van der Waals surface area contributed by atoms with E-state index in [1.165, 1.54) is 10.8 Å². The van der Waals surface area contributed by atoms with Crippen molar-refractivity contribution in [3.63, 3.8) is 0 Å². The number of phenolic OH excluding ortho intramolecular Hbond substituents is 2. The Kier molecular flexibility index (Phi) is 8.46. The molecule has 9 aromatic carbocycles. The second-order valence-corrected chi connectivity index (χ2v) is 13.4. The molecule has 54 heavy (non-hydrogen) atoms. The summed E-state index contributed by atoms with van der Waals surface area (Å²) in [6.07, 6.45) is 0. The number of aromatic hydroxyl groups is 2. The van der Waals surface area contributed by atoms with E-state index in [0.29, 0.717) is 0 Å². The number of hydrogen-bond acceptors (Lipinski definition) is 4. The molecule has 0 amide bonds. The van der Waals surface area contributed by atoms with Crippen LogP contribution in [0.2, 0.25) is 0 Å². The van der Waals surface area contributed by atoms with Gasteiger partial charge in [0.2, 0.25) is 0 Å². The van der Waals surface area contributed by atoms with Crippen LogP contribution in [0, 0.1) is 0 Å². The van der Waals surface area contributed by atoms with E-state index in [9.17, 15) is 10.2 Å². The Hall–Kier alpha value is -7.30. The van der Waals surface area contributed by atoms with E-state index in [4.69, 9.17) is 0 Å². The first-order valence-corrected chi connectivity index (χ1v) is 18.0. The minimum Gasteiger partial charge on any atom is -0.508 e. The zero-order valence-corrected chi connectivity index (χ0v) is 29.4. The molecule has 2 N–H and O–H groups in total. The number of hydrogen-bond donors (Lipinski definition) is 2. The van der Waals surface area contributed by atoms with Crippen molar-refractivity contribution in [3.8, 4) is 33.8 Å². The summed E-state index contributed by atoms with van der Waals surface area (Å²) in [5.41, 5.74) is 10.7. The highest BCUT2D eigenvalue weighted by Crippen LogP contribution is 2.42. The Morgan fingerprint density at radius 3 is 0.889 bits per heavy atom. The molecule has 0 aliphatic carbocycles. The molecule has 0 radical (unpaired) electrons. The third kappa shape index (κ3) is 6.27. The molecule has 0 aliphatic heterocycles. The first-order chi connectivity index (χ1) is 26.6. The molecule has 9 aromatic rings. The van der Waals surface area contributed by atoms with Gasteiger partial charge in [0.05, 0.1) is 11.4 Å². The number of anilines is 6. The van der Waals surface area contributed by atoms with Crippen molar-refractivity contribution in [2.24, 2.45) is 0 Å². The van der Waals surface area contributed by atoms with Crippen LogP contribution in [0.1, 0.15) is 0 Å². The lowest BCUT2D eigenvalue weighted by Crippen LogP contribution is -2.10. The lowest BCUT2D eigenvalue weighted by Gasteiger charge is -2.27. The van der Waals surface area contributed by atoms with Crippen LogP contribution in [0.3, 0.4) is 0 Å². The van der Waals surface area contributed by atoms with Gasteiger partial charge in [-0.3, -0.25) is 0 Å². The number of phenols is 2. The largest absolute Gasteiger partial charge is 0.508 e. The molecule has 0 saturated heterocycles. The van der Waals surface area contributed by atoms with E-state index >= 15 is 0 Å². The molecule has 0 spiro atoms. The minimum absolute atomic E-state index is 0.239. The average molecular weight is 697 g/mol. The molecule has 258 valence electrons. The summed E-state index contributed by atoms with van der Waals surface area (Å²) in [6.45, 7) is 0. The third-order valence-corrected chi connectivity index (χ3v) is 10.0. The van der Waals surface area contributed by atoms with Gasteiger partial charge in [0.25, 0.3) is 0 Å². The Balaban J connectivity index is 1.00. The summed E-state index contributed by atoms with van der Waals surface area (Å²) in [7, 11) is 0. The average Bonchev–Trinajstić information content (AvgIpc) is 3.23. The number of fused-ring (bicyclic) bond motifs is 2. The summed E-state index contributed by atoms with van der Waals surface area (Å²) in [4.78, 5) is 4.47. The van der Waals surface area contributed by atoms with Gasteiger partial charge in [0, 0.05) is 33.5 Å². The second-order valence-electron chi connectivity index (χ2n) is 13.4. The summed E-state index contributed by atoms with van der Waals surface area (Å²) in [6, 6.07) is 70.3. The monoisotopic (exact) mass is 696 g/mol. The Morgan fingerprint density at radius 1 is 0.259 bits per heavy atom. The van der Waals surface area contributed by atoms with Crippen LogP contribution in [-0.4, -0.2) is 10.2 Å². The van der Waals surface area contributed by atoms with Crippen molar-refractivity contribution in [2.45, 2.75) is 0 Å². The molecule has 0 unspecified atom stereocenters. The maximum atomic E-state index is 10.0. The summed E-state index contributed by atoms with van der Waals surface area (Å²) in [5.74, 6) is 0.478. The van der Waals surface area contributed by atoms with E-state index in [1.54, 1.807) is 24.3 Å². The van der Waals surface area contributed by atoms with Gasteiger partial charge in [-0.15, -0.1) is 0 Å². The number of rotatable bonds is 8. The first kappa shape index (κ1) is 32.6. The molecule has 4 nitrogen and oxygen atoms in total. The van der Waals surface area contributed by atoms with Crippen LogP contribution in [0.15, 0.2) is 206 Å². The smallest absolute Gasteiger partial charge is 0.115 e. The standard InChI is InChI=1S/C50H36N2O2/c53-45-31-27-43(28-32-45)51(49-13-5-9-39-7-1-3-11-47(39)49)41-23-19-37(20-24-41)35-15-17-36(18-16-35)38-21-25-42(26-22-38)52(44-29-33-46(54)34-30-44)50-14-6-10-40-8-2-4-12-48(40)50/h1-34,53-54H. The third-order valence-electron chi connectivity index (χ3n) is 10.0. The molecule has 0 heterocycles. The van der Waals surface area contributed by atoms with Crippen LogP contribution in [0.25, 0.3) is 43.8 Å². The molecule has 0 fully saturated rings. The minimum atomic E-state index is 0.239. The van der Waals surface area contributed by atoms with E-state index in [2.05, 4.69) is 168 Å². The van der Waals surface area contributed by atoms with Gasteiger partial charge in [-0.25, -0.2) is 0 Å². The fourth-order valence-electron chi connectivity index (χ4n) is 7.33. The van der Waals surface area contributed by atoms with Gasteiger partial charge in [-0.1, -0.05) is 121 Å². The Bertz CT molecular complexity index is 2500. The maximum absolute atomic E-state index is 10.0. The van der Waals surface area contributed by atoms with E-state index < -0.39 is 0 Å². The SMILES string of the molecule is Oc1ccc(N(c2ccc(-c3ccc(-c4ccc(N(c5ccc(O)cc5)c5cccc6ccccc56)cc4)cc3)cc2)c2cccc3ccccc23)cc1. The van der Waals surface area contributed by atoms with Crippen LogP contribution in [0.5, 0.6) is 11.5 Å². The van der Waals surface area contributed by atoms with Gasteiger partial charge >= 0.3 is 0 Å². The lowest BCUT2D eigenvalue weighted by atomic mass is 9.99. The van der Waals surface area contributed by atoms with Crippen molar-refractivity contribution < 1.29 is 10.2 Å². The quantitative estimate of drug-likeness (QED) is 0.166. The highest BCUT2D eigenvalue weighted by atomic mass is 16.3. The summed E-state index contributed by atoms with van der Waals surface area (Å²) >= 11 is 0. The number of benzene rings is 9. The highest BCUT2D eigenvalue weighted by molar-refractivity contribution is 6.00. The molecule has 4 heteroatoms. The zero-order chi connectivity index (χ0) is 36.4. The molecule has 0 atom stereocenters. The molecule has 9 rings (SSSR count). The normalized spacial score (nSPS) is 11.1. The molecule has 0 aromatic heterocycles. The van der Waals surface area contributed by atoms with Gasteiger partial charge in [0.15, 0.2) is 0 Å². The van der Waals surface area contributed by atoms with Crippen LogP contribution >= 0.6 is 0 Å². The van der Waals surface area contributed by atoms with Gasteiger partial charge in [0.1, 0.15) is 11.5 Å². The molecular formula is C50H36N2O2. The topological polar surface area (TPSA) is 46.9 Å². The predicted molar refractivity (Wildman–Crippen MR) is 225 cm³/mol. The fourth-order valence-corrected chi connectivity index (χ4v) is 7.33. The van der Waals surface area contributed by atoms with Crippen LogP contribution in [0.4, 0.5) is 34.1 Å². The van der Waals surface area contributed by atoms with Crippen molar-refractivity contribution in [3.05, 3.63) is 206 Å². The van der Waals surface area contributed by atoms with Crippen LogP contribution < -0.4 is 9.80 Å². The highest BCUT2D eigenvalue weighted by Gasteiger charge is 2.17. The van der Waals surface area contributed by atoms with Gasteiger partial charge in [-0.05, 0) is 118 Å². The molecule has 0 saturated carbocycles. The fraction of sp³-hybridized carbons (Fsp3) is 0. The lowest BCUT2D eigenvalue weighted by molar-refractivity contribution is 0.475. The summed E-state index contributed by atoms with van der Waals surface area (Å²) in [5, 5.41) is 24.7. The van der Waals surface area contributed by atoms with Gasteiger partial charge < -0.3 is 20.0 Å². The number of nitrogens with zero attached hydrogens (tertiary/aromatic N) is 2. The van der Waals surface area contributed by atoms with E-state index in [1.807, 2.05) is 24.3 Å². The van der Waals surface area contributed by atoms with Crippen molar-refractivity contribution in [2.75, 3.05) is 9.80 Å². The zero-order valence-electron chi connectivity index (χ0n) is 29.4. The maximum Gasteiger partial charge on any atom is 0.115 e. The Labute approximate surface area is 314 Å². The first-order valence-electron chi connectivity index (χ1n) is 18.0.